The SMILES string of the molecule is COCCNC(=O)C(=O)NC[C@@H]1OCCCN1S(=O)(=O)c1cc(C)ccc1C. The van der Waals surface area contributed by atoms with Crippen molar-refractivity contribution in [1.29, 1.82) is 0 Å². The number of carbonyl (C=O) groups is 2. The largest absolute Gasteiger partial charge is 0.383 e. The van der Waals surface area contributed by atoms with Gasteiger partial charge in [-0.2, -0.15) is 4.31 Å². The van der Waals surface area contributed by atoms with Gasteiger partial charge in [-0.1, -0.05) is 12.1 Å². The lowest BCUT2D eigenvalue weighted by molar-refractivity contribution is -0.140. The number of hydrogen-bond acceptors (Lipinski definition) is 6. The number of ether oxygens (including phenoxy) is 2. The van der Waals surface area contributed by atoms with Crippen LogP contribution in [0.2, 0.25) is 0 Å². The summed E-state index contributed by atoms with van der Waals surface area (Å²) in [6.07, 6.45) is -0.333. The van der Waals surface area contributed by atoms with Gasteiger partial charge in [0.25, 0.3) is 0 Å². The first-order chi connectivity index (χ1) is 13.3. The number of carbonyl (C=O) groups excluding carboxylic acids is 2. The number of nitrogens with one attached hydrogen (secondary N) is 2. The molecule has 2 amide bonds. The molecule has 1 saturated heterocycles. The zero-order chi connectivity index (χ0) is 20.7. The lowest BCUT2D eigenvalue weighted by Gasteiger charge is -2.35. The monoisotopic (exact) mass is 413 g/mol. The number of rotatable bonds is 7. The maximum Gasteiger partial charge on any atom is 0.309 e. The van der Waals surface area contributed by atoms with Gasteiger partial charge in [0, 0.05) is 20.2 Å². The first kappa shape index (κ1) is 22.3. The fourth-order valence-electron chi connectivity index (χ4n) is 2.82. The Bertz CT molecular complexity index is 812. The molecule has 10 heteroatoms. The summed E-state index contributed by atoms with van der Waals surface area (Å²) in [7, 11) is -2.33. The van der Waals surface area contributed by atoms with Crippen LogP contribution in [0.15, 0.2) is 23.1 Å². The van der Waals surface area contributed by atoms with E-state index in [1.165, 1.54) is 11.4 Å². The fraction of sp³-hybridized carbons (Fsp3) is 0.556. The third-order valence-corrected chi connectivity index (χ3v) is 6.35. The lowest BCUT2D eigenvalue weighted by Crippen LogP contribution is -2.53. The highest BCUT2D eigenvalue weighted by atomic mass is 32.2. The van der Waals surface area contributed by atoms with Crippen LogP contribution in [-0.2, 0) is 29.1 Å². The predicted octanol–water partition coefficient (Wildman–Crippen LogP) is -0.0807. The zero-order valence-corrected chi connectivity index (χ0v) is 17.2. The van der Waals surface area contributed by atoms with Crippen molar-refractivity contribution in [3.63, 3.8) is 0 Å². The number of nitrogens with zero attached hydrogens (tertiary/aromatic N) is 1. The van der Waals surface area contributed by atoms with Gasteiger partial charge in [-0.05, 0) is 37.5 Å². The quantitative estimate of drug-likeness (QED) is 0.477. The molecular weight excluding hydrogens is 386 g/mol. The van der Waals surface area contributed by atoms with E-state index < -0.39 is 28.1 Å². The summed E-state index contributed by atoms with van der Waals surface area (Å²) in [5.74, 6) is -1.66. The molecule has 2 N–H and O–H groups in total. The number of hydrogen-bond donors (Lipinski definition) is 2. The molecule has 9 nitrogen and oxygen atoms in total. The van der Waals surface area contributed by atoms with E-state index in [1.54, 1.807) is 19.1 Å². The van der Waals surface area contributed by atoms with Crippen LogP contribution in [0.5, 0.6) is 0 Å². The normalized spacial score (nSPS) is 17.9. The van der Waals surface area contributed by atoms with Gasteiger partial charge in [-0.3, -0.25) is 9.59 Å². The van der Waals surface area contributed by atoms with Gasteiger partial charge in [0.05, 0.1) is 24.7 Å². The highest BCUT2D eigenvalue weighted by Gasteiger charge is 2.35. The van der Waals surface area contributed by atoms with Crippen molar-refractivity contribution < 1.29 is 27.5 Å². The molecule has 0 bridgehead atoms. The van der Waals surface area contributed by atoms with Crippen LogP contribution in [-0.4, -0.2) is 70.7 Å². The average molecular weight is 413 g/mol. The zero-order valence-electron chi connectivity index (χ0n) is 16.4. The second kappa shape index (κ2) is 9.97. The molecule has 0 radical (unpaired) electrons. The molecular formula is C18H27N3O6S. The maximum atomic E-state index is 13.2. The molecule has 28 heavy (non-hydrogen) atoms. The Morgan fingerprint density at radius 2 is 1.96 bits per heavy atom. The van der Waals surface area contributed by atoms with Crippen LogP contribution in [0.1, 0.15) is 17.5 Å². The summed E-state index contributed by atoms with van der Waals surface area (Å²) in [5, 5.41) is 4.84. The number of amides is 2. The molecule has 1 aliphatic rings. The Kier molecular flexibility index (Phi) is 7.93. The van der Waals surface area contributed by atoms with Crippen LogP contribution in [0.25, 0.3) is 0 Å². The smallest absolute Gasteiger partial charge is 0.309 e. The third-order valence-electron chi connectivity index (χ3n) is 4.32. The minimum absolute atomic E-state index is 0.124. The van der Waals surface area contributed by atoms with Crippen molar-refractivity contribution in [3.05, 3.63) is 29.3 Å². The molecule has 0 aromatic heterocycles. The Morgan fingerprint density at radius 1 is 1.25 bits per heavy atom. The number of aryl methyl sites for hydroxylation is 2. The second-order valence-corrected chi connectivity index (χ2v) is 8.38. The predicted molar refractivity (Wildman–Crippen MR) is 102 cm³/mol. The minimum Gasteiger partial charge on any atom is -0.383 e. The van der Waals surface area contributed by atoms with Crippen LogP contribution >= 0.6 is 0 Å². The van der Waals surface area contributed by atoms with Gasteiger partial charge in [0.2, 0.25) is 10.0 Å². The van der Waals surface area contributed by atoms with Crippen LogP contribution in [0, 0.1) is 13.8 Å². The van der Waals surface area contributed by atoms with Gasteiger partial charge < -0.3 is 20.1 Å². The molecule has 1 aromatic rings. The molecule has 156 valence electrons. The summed E-state index contributed by atoms with van der Waals surface area (Å²) in [4.78, 5) is 23.9. The third kappa shape index (κ3) is 5.51. The van der Waals surface area contributed by atoms with Gasteiger partial charge >= 0.3 is 11.8 Å². The molecule has 0 spiro atoms. The van der Waals surface area contributed by atoms with Gasteiger partial charge in [0.15, 0.2) is 0 Å². The Morgan fingerprint density at radius 3 is 2.68 bits per heavy atom. The van der Waals surface area contributed by atoms with E-state index in [0.717, 1.165) is 5.56 Å². The van der Waals surface area contributed by atoms with Gasteiger partial charge in [0.1, 0.15) is 6.23 Å². The molecule has 0 unspecified atom stereocenters. The first-order valence-corrected chi connectivity index (χ1v) is 10.5. The van der Waals surface area contributed by atoms with E-state index in [-0.39, 0.29) is 31.1 Å². The fourth-order valence-corrected chi connectivity index (χ4v) is 4.70. The maximum absolute atomic E-state index is 13.2. The number of sulfonamides is 1. The van der Waals surface area contributed by atoms with Crippen molar-refractivity contribution >= 4 is 21.8 Å². The molecule has 1 aromatic carbocycles. The van der Waals surface area contributed by atoms with E-state index in [9.17, 15) is 18.0 Å². The minimum atomic E-state index is -3.81. The summed E-state index contributed by atoms with van der Waals surface area (Å²) in [6.45, 7) is 4.57. The van der Waals surface area contributed by atoms with Crippen LogP contribution in [0.3, 0.4) is 0 Å². The molecule has 1 aliphatic heterocycles. The average Bonchev–Trinajstić information content (AvgIpc) is 2.68. The topological polar surface area (TPSA) is 114 Å². The summed E-state index contributed by atoms with van der Waals surface area (Å²) < 4.78 is 37.9. The van der Waals surface area contributed by atoms with Crippen molar-refractivity contribution in [1.82, 2.24) is 14.9 Å². The summed E-state index contributed by atoms with van der Waals surface area (Å²) in [5.41, 5.74) is 1.47. The highest BCUT2D eigenvalue weighted by molar-refractivity contribution is 7.89. The number of methoxy groups -OCH3 is 1. The number of benzene rings is 1. The van der Waals surface area contributed by atoms with Gasteiger partial charge in [-0.15, -0.1) is 0 Å². The summed E-state index contributed by atoms with van der Waals surface area (Å²) in [6, 6.07) is 5.23. The highest BCUT2D eigenvalue weighted by Crippen LogP contribution is 2.25. The van der Waals surface area contributed by atoms with E-state index in [4.69, 9.17) is 9.47 Å². The van der Waals surface area contributed by atoms with Crippen molar-refractivity contribution in [2.45, 2.75) is 31.4 Å². The Balaban J connectivity index is 2.08. The van der Waals surface area contributed by atoms with E-state index in [1.807, 2.05) is 13.0 Å². The Hall–Kier alpha value is -2.01. The second-order valence-electron chi connectivity index (χ2n) is 6.52. The Labute approximate surface area is 165 Å². The standard InChI is InChI=1S/C18H27N3O6S/c1-13-5-6-14(2)15(11-13)28(24,25)21-8-4-9-27-16(21)12-20-18(23)17(22)19-7-10-26-3/h5-6,11,16H,4,7-10,12H2,1-3H3,(H,19,22)(H,20,23)/t16-/m0/s1. The van der Waals surface area contributed by atoms with Crippen molar-refractivity contribution in [2.75, 3.05) is 40.0 Å². The molecule has 1 fully saturated rings. The van der Waals surface area contributed by atoms with Crippen molar-refractivity contribution in [2.24, 2.45) is 0 Å². The van der Waals surface area contributed by atoms with Crippen LogP contribution < -0.4 is 10.6 Å². The van der Waals surface area contributed by atoms with E-state index in [2.05, 4.69) is 10.6 Å². The van der Waals surface area contributed by atoms with E-state index >= 15 is 0 Å². The van der Waals surface area contributed by atoms with Crippen LogP contribution in [0.4, 0.5) is 0 Å². The van der Waals surface area contributed by atoms with E-state index in [0.29, 0.717) is 18.6 Å². The summed E-state index contributed by atoms with van der Waals surface area (Å²) >= 11 is 0. The lowest BCUT2D eigenvalue weighted by atomic mass is 10.2. The molecule has 2 rings (SSSR count). The van der Waals surface area contributed by atoms with Gasteiger partial charge in [-0.25, -0.2) is 8.42 Å². The molecule has 0 saturated carbocycles. The molecule has 0 aliphatic carbocycles. The van der Waals surface area contributed by atoms with Crippen molar-refractivity contribution in [3.8, 4) is 0 Å². The first-order valence-electron chi connectivity index (χ1n) is 9.03. The molecule has 1 atom stereocenters. The molecule has 1 heterocycles.